The molecule has 1 aliphatic heterocycles. The van der Waals surface area contributed by atoms with Gasteiger partial charge >= 0.3 is 0 Å². The van der Waals surface area contributed by atoms with Crippen LogP contribution in [0.5, 0.6) is 11.5 Å². The lowest BCUT2D eigenvalue weighted by Crippen LogP contribution is -2.22. The molecule has 26 heavy (non-hydrogen) atoms. The van der Waals surface area contributed by atoms with E-state index in [1.54, 1.807) is 14.2 Å². The molecule has 1 unspecified atom stereocenters. The topological polar surface area (TPSA) is 60.6 Å². The van der Waals surface area contributed by atoms with Gasteiger partial charge in [-0.3, -0.25) is 4.90 Å². The van der Waals surface area contributed by atoms with Crippen LogP contribution >= 0.6 is 11.3 Å². The number of nitrogens with zero attached hydrogens (tertiary/aromatic N) is 3. The number of methoxy groups -OCH3 is 2. The molecule has 3 aromatic rings. The van der Waals surface area contributed by atoms with Crippen LogP contribution in [0, 0.1) is 0 Å². The summed E-state index contributed by atoms with van der Waals surface area (Å²) in [7, 11) is 3.25. The zero-order valence-electron chi connectivity index (χ0n) is 14.8. The molecule has 0 aliphatic carbocycles. The van der Waals surface area contributed by atoms with Gasteiger partial charge in [-0.05, 0) is 43.0 Å². The highest BCUT2D eigenvalue weighted by Crippen LogP contribution is 2.36. The summed E-state index contributed by atoms with van der Waals surface area (Å²) in [5, 5.41) is 6.28. The predicted octanol–water partition coefficient (Wildman–Crippen LogP) is 4.15. The van der Waals surface area contributed by atoms with Crippen LogP contribution in [0.15, 0.2) is 40.2 Å². The summed E-state index contributed by atoms with van der Waals surface area (Å²) in [5.41, 5.74) is 0.791. The minimum Gasteiger partial charge on any atom is -0.497 e. The highest BCUT2D eigenvalue weighted by Gasteiger charge is 2.28. The second-order valence-electron chi connectivity index (χ2n) is 6.22. The van der Waals surface area contributed by atoms with E-state index >= 15 is 0 Å². The van der Waals surface area contributed by atoms with Crippen LogP contribution in [0.25, 0.3) is 11.4 Å². The first kappa shape index (κ1) is 17.1. The smallest absolute Gasteiger partial charge is 0.241 e. The molecule has 3 heterocycles. The Morgan fingerprint density at radius 3 is 2.96 bits per heavy atom. The van der Waals surface area contributed by atoms with E-state index in [2.05, 4.69) is 32.6 Å². The number of likely N-dealkylation sites (tertiary alicyclic amines) is 1. The summed E-state index contributed by atoms with van der Waals surface area (Å²) in [6.07, 6.45) is 2.36. The van der Waals surface area contributed by atoms with Crippen LogP contribution in [0.1, 0.15) is 29.7 Å². The lowest BCUT2D eigenvalue weighted by atomic mass is 10.2. The molecule has 0 saturated carbocycles. The Balaban J connectivity index is 1.53. The van der Waals surface area contributed by atoms with Crippen molar-refractivity contribution in [2.24, 2.45) is 0 Å². The van der Waals surface area contributed by atoms with Crippen molar-refractivity contribution in [3.8, 4) is 22.9 Å². The van der Waals surface area contributed by atoms with E-state index < -0.39 is 0 Å². The fourth-order valence-electron chi connectivity index (χ4n) is 3.40. The van der Waals surface area contributed by atoms with E-state index in [9.17, 15) is 0 Å². The van der Waals surface area contributed by atoms with Gasteiger partial charge in [0.2, 0.25) is 11.7 Å². The first-order valence-electron chi connectivity index (χ1n) is 8.61. The number of rotatable bonds is 6. The molecule has 0 spiro atoms. The predicted molar refractivity (Wildman–Crippen MR) is 99.5 cm³/mol. The molecular formula is C19H21N3O3S. The van der Waals surface area contributed by atoms with E-state index in [1.165, 1.54) is 17.7 Å². The van der Waals surface area contributed by atoms with Crippen molar-refractivity contribution in [3.05, 3.63) is 46.5 Å². The molecule has 2 aromatic heterocycles. The maximum absolute atomic E-state index is 5.52. The SMILES string of the molecule is COc1ccc(-c2noc(CN3CCCC3c3cccs3)n2)c(OC)c1. The molecule has 136 valence electrons. The maximum Gasteiger partial charge on any atom is 0.241 e. The van der Waals surface area contributed by atoms with Gasteiger partial charge in [-0.15, -0.1) is 11.3 Å². The van der Waals surface area contributed by atoms with Crippen LogP contribution in [-0.4, -0.2) is 35.8 Å². The molecule has 1 atom stereocenters. The highest BCUT2D eigenvalue weighted by atomic mass is 32.1. The standard InChI is InChI=1S/C19H21N3O3S/c1-23-13-7-8-14(16(11-13)24-2)19-20-18(25-21-19)12-22-9-3-5-15(22)17-6-4-10-26-17/h4,6-8,10-11,15H,3,5,9,12H2,1-2H3. The van der Waals surface area contributed by atoms with E-state index in [4.69, 9.17) is 14.0 Å². The van der Waals surface area contributed by atoms with Gasteiger partial charge in [0.25, 0.3) is 0 Å². The molecule has 1 aromatic carbocycles. The molecule has 0 N–H and O–H groups in total. The number of aromatic nitrogens is 2. The summed E-state index contributed by atoms with van der Waals surface area (Å²) < 4.78 is 16.2. The van der Waals surface area contributed by atoms with Crippen molar-refractivity contribution in [1.29, 1.82) is 0 Å². The Bertz CT molecular complexity index is 863. The Hall–Kier alpha value is -2.38. The summed E-state index contributed by atoms with van der Waals surface area (Å²) >= 11 is 1.81. The third kappa shape index (κ3) is 3.32. The summed E-state index contributed by atoms with van der Waals surface area (Å²) in [6.45, 7) is 1.71. The molecule has 0 radical (unpaired) electrons. The first-order chi connectivity index (χ1) is 12.8. The lowest BCUT2D eigenvalue weighted by Gasteiger charge is -2.21. The van der Waals surface area contributed by atoms with Crippen molar-refractivity contribution >= 4 is 11.3 Å². The Morgan fingerprint density at radius 1 is 1.27 bits per heavy atom. The van der Waals surface area contributed by atoms with Crippen LogP contribution in [0.4, 0.5) is 0 Å². The Labute approximate surface area is 156 Å². The van der Waals surface area contributed by atoms with Gasteiger partial charge in [0, 0.05) is 17.0 Å². The van der Waals surface area contributed by atoms with Gasteiger partial charge in [0.15, 0.2) is 0 Å². The van der Waals surface area contributed by atoms with Gasteiger partial charge < -0.3 is 14.0 Å². The Kier molecular flexibility index (Phi) is 4.90. The third-order valence-corrected chi connectivity index (χ3v) is 5.66. The second kappa shape index (κ2) is 7.47. The van der Waals surface area contributed by atoms with Gasteiger partial charge in [-0.2, -0.15) is 4.98 Å². The number of hydrogen-bond acceptors (Lipinski definition) is 7. The molecule has 1 fully saturated rings. The summed E-state index contributed by atoms with van der Waals surface area (Å²) in [4.78, 5) is 8.40. The molecular weight excluding hydrogens is 350 g/mol. The highest BCUT2D eigenvalue weighted by molar-refractivity contribution is 7.10. The normalized spacial score (nSPS) is 17.5. The third-order valence-electron chi connectivity index (χ3n) is 4.69. The molecule has 4 rings (SSSR count). The van der Waals surface area contributed by atoms with E-state index in [1.807, 2.05) is 29.5 Å². The average molecular weight is 371 g/mol. The molecule has 6 nitrogen and oxygen atoms in total. The number of benzene rings is 1. The van der Waals surface area contributed by atoms with Gasteiger partial charge in [0.1, 0.15) is 11.5 Å². The van der Waals surface area contributed by atoms with E-state index in [-0.39, 0.29) is 0 Å². The second-order valence-corrected chi connectivity index (χ2v) is 7.20. The number of thiophene rings is 1. The van der Waals surface area contributed by atoms with Crippen molar-refractivity contribution in [2.75, 3.05) is 20.8 Å². The van der Waals surface area contributed by atoms with Crippen LogP contribution in [0.2, 0.25) is 0 Å². The monoisotopic (exact) mass is 371 g/mol. The van der Waals surface area contributed by atoms with Gasteiger partial charge in [-0.1, -0.05) is 11.2 Å². The van der Waals surface area contributed by atoms with E-state index in [0.29, 0.717) is 30.1 Å². The van der Waals surface area contributed by atoms with Gasteiger partial charge in [-0.25, -0.2) is 0 Å². The molecule has 0 bridgehead atoms. The summed E-state index contributed by atoms with van der Waals surface area (Å²) in [5.74, 6) is 2.55. The summed E-state index contributed by atoms with van der Waals surface area (Å²) in [6, 6.07) is 10.3. The quantitative estimate of drug-likeness (QED) is 0.649. The molecule has 0 amide bonds. The first-order valence-corrected chi connectivity index (χ1v) is 9.49. The maximum atomic E-state index is 5.52. The molecule has 1 saturated heterocycles. The van der Waals surface area contributed by atoms with Gasteiger partial charge in [0.05, 0.1) is 26.3 Å². The minimum atomic E-state index is 0.445. The fraction of sp³-hybridized carbons (Fsp3) is 0.368. The number of hydrogen-bond donors (Lipinski definition) is 0. The van der Waals surface area contributed by atoms with Crippen molar-refractivity contribution in [1.82, 2.24) is 15.0 Å². The van der Waals surface area contributed by atoms with E-state index in [0.717, 1.165) is 17.9 Å². The van der Waals surface area contributed by atoms with Crippen LogP contribution in [0.3, 0.4) is 0 Å². The average Bonchev–Trinajstić information content (AvgIpc) is 3.43. The number of ether oxygens (including phenoxy) is 2. The van der Waals surface area contributed by atoms with Crippen molar-refractivity contribution in [2.45, 2.75) is 25.4 Å². The minimum absolute atomic E-state index is 0.445. The lowest BCUT2D eigenvalue weighted by molar-refractivity contribution is 0.214. The zero-order valence-corrected chi connectivity index (χ0v) is 15.7. The van der Waals surface area contributed by atoms with Crippen molar-refractivity contribution < 1.29 is 14.0 Å². The molecule has 1 aliphatic rings. The van der Waals surface area contributed by atoms with Crippen LogP contribution in [-0.2, 0) is 6.54 Å². The Morgan fingerprint density at radius 2 is 2.19 bits per heavy atom. The van der Waals surface area contributed by atoms with Crippen molar-refractivity contribution in [3.63, 3.8) is 0 Å². The zero-order chi connectivity index (χ0) is 17.9. The largest absolute Gasteiger partial charge is 0.497 e. The fourth-order valence-corrected chi connectivity index (χ4v) is 4.30. The molecule has 7 heteroatoms. The van der Waals surface area contributed by atoms with Crippen LogP contribution < -0.4 is 9.47 Å².